The molecule has 1 aromatic carbocycles. The minimum atomic E-state index is -1.27. The van der Waals surface area contributed by atoms with Crippen LogP contribution in [0.4, 0.5) is 0 Å². The number of likely N-dealkylation sites (tertiary alicyclic amines) is 1. The Kier molecular flexibility index (Phi) is 4.65. The van der Waals surface area contributed by atoms with Gasteiger partial charge in [0, 0.05) is 19.2 Å². The summed E-state index contributed by atoms with van der Waals surface area (Å²) >= 11 is 1.65. The molecule has 158 valence electrons. The summed E-state index contributed by atoms with van der Waals surface area (Å²) in [6.45, 7) is 0.425. The summed E-state index contributed by atoms with van der Waals surface area (Å²) in [6.07, 6.45) is 2.75. The van der Waals surface area contributed by atoms with E-state index in [-0.39, 0.29) is 17.9 Å². The summed E-state index contributed by atoms with van der Waals surface area (Å²) in [5.74, 6) is -0.693. The summed E-state index contributed by atoms with van der Waals surface area (Å²) in [4.78, 5) is 47.7. The quantitative estimate of drug-likeness (QED) is 0.524. The van der Waals surface area contributed by atoms with Crippen LogP contribution in [0.15, 0.2) is 35.3 Å². The van der Waals surface area contributed by atoms with E-state index in [1.165, 1.54) is 31.9 Å². The summed E-state index contributed by atoms with van der Waals surface area (Å²) < 4.78 is 5.30. The molecule has 4 atom stereocenters. The van der Waals surface area contributed by atoms with Crippen molar-refractivity contribution in [3.8, 4) is 0 Å². The molecule has 0 N–H and O–H groups in total. The lowest BCUT2D eigenvalue weighted by Gasteiger charge is -2.40. The van der Waals surface area contributed by atoms with E-state index >= 15 is 0 Å². The number of amides is 2. The van der Waals surface area contributed by atoms with Crippen molar-refractivity contribution >= 4 is 34.7 Å². The lowest BCUT2D eigenvalue weighted by Crippen LogP contribution is -2.60. The zero-order chi connectivity index (χ0) is 21.0. The van der Waals surface area contributed by atoms with Crippen LogP contribution in [0.25, 0.3) is 0 Å². The molecule has 30 heavy (non-hydrogen) atoms. The zero-order valence-corrected chi connectivity index (χ0v) is 17.9. The Hall–Kier alpha value is -2.35. The first-order chi connectivity index (χ1) is 14.5. The first-order valence-electron chi connectivity index (χ1n) is 10.4. The fraction of sp³-hybridized carbons (Fsp3) is 0.545. The van der Waals surface area contributed by atoms with Gasteiger partial charge in [0.1, 0.15) is 0 Å². The second-order valence-electron chi connectivity index (χ2n) is 8.63. The normalized spacial score (nSPS) is 32.3. The number of hydrogen-bond acceptors (Lipinski definition) is 7. The highest BCUT2D eigenvalue weighted by molar-refractivity contribution is 8.13. The SMILES string of the molecule is COC(=O)[C@@]1(Cc2ccccc2)[C@H]2C(=O)N(C)C(=O)[C@H]2[C@H]2CN=C(SCC3CC3)N21. The van der Waals surface area contributed by atoms with Gasteiger partial charge in [0.15, 0.2) is 10.7 Å². The average molecular weight is 428 g/mol. The third-order valence-electron chi connectivity index (χ3n) is 6.88. The van der Waals surface area contributed by atoms with Gasteiger partial charge in [-0.1, -0.05) is 42.1 Å². The molecule has 4 aliphatic rings. The van der Waals surface area contributed by atoms with Gasteiger partial charge >= 0.3 is 5.97 Å². The largest absolute Gasteiger partial charge is 0.467 e. The molecular formula is C22H25N3O4S. The van der Waals surface area contributed by atoms with E-state index in [4.69, 9.17) is 9.73 Å². The molecular weight excluding hydrogens is 402 g/mol. The fourth-order valence-corrected chi connectivity index (χ4v) is 6.58. The van der Waals surface area contributed by atoms with Crippen molar-refractivity contribution in [2.75, 3.05) is 26.5 Å². The van der Waals surface area contributed by atoms with E-state index in [1.54, 1.807) is 11.8 Å². The summed E-state index contributed by atoms with van der Waals surface area (Å²) in [7, 11) is 2.86. The number of rotatable bonds is 5. The van der Waals surface area contributed by atoms with Crippen LogP contribution in [0.1, 0.15) is 18.4 Å². The van der Waals surface area contributed by atoms with Gasteiger partial charge in [-0.15, -0.1) is 0 Å². The Bertz CT molecular complexity index is 932. The number of imide groups is 1. The molecule has 8 heteroatoms. The van der Waals surface area contributed by atoms with Crippen molar-refractivity contribution in [3.63, 3.8) is 0 Å². The maximum Gasteiger partial charge on any atom is 0.333 e. The van der Waals surface area contributed by atoms with Gasteiger partial charge < -0.3 is 9.64 Å². The maximum atomic E-state index is 13.5. The van der Waals surface area contributed by atoms with Gasteiger partial charge in [0.25, 0.3) is 0 Å². The number of thioether (sulfide) groups is 1. The number of aliphatic imine (C=N–C) groups is 1. The van der Waals surface area contributed by atoms with Crippen LogP contribution in [0.5, 0.6) is 0 Å². The zero-order valence-electron chi connectivity index (χ0n) is 17.1. The van der Waals surface area contributed by atoms with E-state index in [0.717, 1.165) is 16.5 Å². The third-order valence-corrected chi connectivity index (χ3v) is 8.10. The summed E-state index contributed by atoms with van der Waals surface area (Å²) in [5.41, 5.74) is -0.343. The Morgan fingerprint density at radius 3 is 2.63 bits per heavy atom. The topological polar surface area (TPSA) is 79.3 Å². The number of amidine groups is 1. The number of benzene rings is 1. The van der Waals surface area contributed by atoms with Crippen molar-refractivity contribution in [3.05, 3.63) is 35.9 Å². The number of hydrogen-bond donors (Lipinski definition) is 0. The molecule has 1 aromatic rings. The highest BCUT2D eigenvalue weighted by Gasteiger charge is 2.73. The predicted molar refractivity (Wildman–Crippen MR) is 113 cm³/mol. The minimum Gasteiger partial charge on any atom is -0.467 e. The molecule has 0 radical (unpaired) electrons. The van der Waals surface area contributed by atoms with E-state index in [1.807, 2.05) is 35.2 Å². The van der Waals surface area contributed by atoms with Crippen LogP contribution in [0, 0.1) is 17.8 Å². The smallest absolute Gasteiger partial charge is 0.333 e. The minimum absolute atomic E-state index is 0.220. The van der Waals surface area contributed by atoms with E-state index in [2.05, 4.69) is 0 Å². The van der Waals surface area contributed by atoms with E-state index in [9.17, 15) is 14.4 Å². The highest BCUT2D eigenvalue weighted by Crippen LogP contribution is 2.53. The van der Waals surface area contributed by atoms with Gasteiger partial charge in [-0.3, -0.25) is 19.5 Å². The molecule has 0 unspecified atom stereocenters. The Morgan fingerprint density at radius 2 is 1.97 bits per heavy atom. The number of nitrogens with zero attached hydrogens (tertiary/aromatic N) is 3. The summed E-state index contributed by atoms with van der Waals surface area (Å²) in [5, 5.41) is 0.769. The standard InChI is InChI=1S/C22H25N3O4S/c1-24-18(26)16-15-11-23-21(30-12-14-8-9-14)25(15)22(20(28)29-2,17(16)19(24)27)10-13-6-4-3-5-7-13/h3-7,14-17H,8-12H2,1-2H3/t15-,16+,17-,22-/m1/s1. The predicted octanol–water partition coefficient (Wildman–Crippen LogP) is 1.57. The molecule has 3 aliphatic heterocycles. The molecule has 0 aromatic heterocycles. The fourth-order valence-electron chi connectivity index (χ4n) is 5.26. The number of carbonyl (C=O) groups is 3. The average Bonchev–Trinajstić information content (AvgIpc) is 3.37. The maximum absolute atomic E-state index is 13.5. The van der Waals surface area contributed by atoms with Crippen LogP contribution in [-0.2, 0) is 25.5 Å². The van der Waals surface area contributed by atoms with Crippen LogP contribution >= 0.6 is 11.8 Å². The van der Waals surface area contributed by atoms with Crippen molar-refractivity contribution in [1.82, 2.24) is 9.80 Å². The van der Waals surface area contributed by atoms with Crippen molar-refractivity contribution in [2.45, 2.75) is 30.8 Å². The van der Waals surface area contributed by atoms with Gasteiger partial charge in [-0.05, 0) is 24.3 Å². The number of carbonyl (C=O) groups excluding carboxylic acids is 3. The van der Waals surface area contributed by atoms with Crippen LogP contribution in [0.3, 0.4) is 0 Å². The lowest BCUT2D eigenvalue weighted by atomic mass is 9.76. The number of methoxy groups -OCH3 is 1. The first-order valence-corrected chi connectivity index (χ1v) is 11.4. The molecule has 5 rings (SSSR count). The Morgan fingerprint density at radius 1 is 1.23 bits per heavy atom. The van der Waals surface area contributed by atoms with Crippen molar-refractivity contribution in [1.29, 1.82) is 0 Å². The number of ether oxygens (including phenoxy) is 1. The highest BCUT2D eigenvalue weighted by atomic mass is 32.2. The van der Waals surface area contributed by atoms with Gasteiger partial charge in [0.05, 0.1) is 31.5 Å². The van der Waals surface area contributed by atoms with Crippen LogP contribution in [-0.4, -0.2) is 70.8 Å². The third kappa shape index (κ3) is 2.72. The molecule has 2 saturated heterocycles. The molecule has 3 heterocycles. The molecule has 1 saturated carbocycles. The molecule has 0 bridgehead atoms. The number of fused-ring (bicyclic) bond motifs is 3. The van der Waals surface area contributed by atoms with E-state index < -0.39 is 23.3 Å². The van der Waals surface area contributed by atoms with Crippen molar-refractivity contribution < 1.29 is 19.1 Å². The number of esters is 1. The van der Waals surface area contributed by atoms with Crippen molar-refractivity contribution in [2.24, 2.45) is 22.7 Å². The Balaban J connectivity index is 1.62. The van der Waals surface area contributed by atoms with Crippen LogP contribution < -0.4 is 0 Å². The van der Waals surface area contributed by atoms with Gasteiger partial charge in [-0.2, -0.15) is 0 Å². The van der Waals surface area contributed by atoms with Gasteiger partial charge in [-0.25, -0.2) is 4.79 Å². The van der Waals surface area contributed by atoms with Gasteiger partial charge in [0.2, 0.25) is 11.8 Å². The molecule has 2 amide bonds. The monoisotopic (exact) mass is 427 g/mol. The second-order valence-corrected chi connectivity index (χ2v) is 9.62. The molecule has 3 fully saturated rings. The first kappa shape index (κ1) is 19.6. The van der Waals surface area contributed by atoms with Crippen LogP contribution in [0.2, 0.25) is 0 Å². The Labute approximate surface area is 179 Å². The molecule has 0 spiro atoms. The molecule has 7 nitrogen and oxygen atoms in total. The second kappa shape index (κ2) is 7.11. The van der Waals surface area contributed by atoms with E-state index in [0.29, 0.717) is 18.9 Å². The summed E-state index contributed by atoms with van der Waals surface area (Å²) in [6, 6.07) is 9.35. The molecule has 1 aliphatic carbocycles. The lowest BCUT2D eigenvalue weighted by molar-refractivity contribution is -0.157.